The van der Waals surface area contributed by atoms with Gasteiger partial charge in [0, 0.05) is 0 Å². The Kier molecular flexibility index (Phi) is 19.0. The van der Waals surface area contributed by atoms with Crippen molar-refractivity contribution in [1.29, 1.82) is 0 Å². The lowest BCUT2D eigenvalue weighted by Gasteiger charge is -2.25. The molecular formula is C24H46O6. The van der Waals surface area contributed by atoms with Crippen molar-refractivity contribution in [2.75, 3.05) is 13.2 Å². The van der Waals surface area contributed by atoms with Crippen LogP contribution >= 0.6 is 0 Å². The van der Waals surface area contributed by atoms with Gasteiger partial charge in [-0.15, -0.1) is 0 Å². The maximum Gasteiger partial charge on any atom is 0.321 e. The zero-order valence-electron chi connectivity index (χ0n) is 19.0. The predicted octanol–water partition coefficient (Wildman–Crippen LogP) is 5.54. The smallest absolute Gasteiger partial charge is 0.321 e. The summed E-state index contributed by atoms with van der Waals surface area (Å²) >= 11 is 0. The first kappa shape index (κ1) is 28.9. The summed E-state index contributed by atoms with van der Waals surface area (Å²) in [6.07, 6.45) is 20.3. The molecule has 0 aromatic rings. The fourth-order valence-corrected chi connectivity index (χ4v) is 4.15. The van der Waals surface area contributed by atoms with Crippen LogP contribution in [-0.4, -0.2) is 45.6 Å². The third-order valence-corrected chi connectivity index (χ3v) is 6.13. The van der Waals surface area contributed by atoms with Gasteiger partial charge in [-0.2, -0.15) is 0 Å². The number of aliphatic carboxylic acids is 2. The van der Waals surface area contributed by atoms with E-state index in [1.807, 2.05) is 0 Å². The van der Waals surface area contributed by atoms with Crippen LogP contribution in [-0.2, 0) is 9.59 Å². The average Bonchev–Trinajstić information content (AvgIpc) is 2.72. The summed E-state index contributed by atoms with van der Waals surface area (Å²) < 4.78 is 0. The fraction of sp³-hybridized carbons (Fsp3) is 0.917. The minimum Gasteiger partial charge on any atom is -0.480 e. The Morgan fingerprint density at radius 1 is 0.467 bits per heavy atom. The van der Waals surface area contributed by atoms with Crippen LogP contribution in [0.4, 0.5) is 0 Å². The van der Waals surface area contributed by atoms with E-state index in [4.69, 9.17) is 10.2 Å². The minimum atomic E-state index is -1.57. The molecule has 30 heavy (non-hydrogen) atoms. The second-order valence-corrected chi connectivity index (χ2v) is 8.65. The summed E-state index contributed by atoms with van der Waals surface area (Å²) in [5, 5.41) is 34.4. The van der Waals surface area contributed by atoms with E-state index in [0.717, 1.165) is 25.7 Å². The van der Waals surface area contributed by atoms with Crippen molar-refractivity contribution in [3.8, 4) is 0 Å². The summed E-state index contributed by atoms with van der Waals surface area (Å²) in [5.41, 5.74) is -1.57. The van der Waals surface area contributed by atoms with Crippen molar-refractivity contribution in [2.24, 2.45) is 5.41 Å². The van der Waals surface area contributed by atoms with Gasteiger partial charge in [-0.1, -0.05) is 109 Å². The third-order valence-electron chi connectivity index (χ3n) is 6.13. The van der Waals surface area contributed by atoms with Crippen molar-refractivity contribution in [3.63, 3.8) is 0 Å². The van der Waals surface area contributed by atoms with Crippen molar-refractivity contribution in [2.45, 2.75) is 122 Å². The highest BCUT2D eigenvalue weighted by Gasteiger charge is 2.45. The molecule has 0 aromatic heterocycles. The molecule has 0 atom stereocenters. The summed E-state index contributed by atoms with van der Waals surface area (Å²) in [4.78, 5) is 23.5. The average molecular weight is 431 g/mol. The Morgan fingerprint density at radius 3 is 0.833 bits per heavy atom. The molecule has 0 aromatic carbocycles. The van der Waals surface area contributed by atoms with Crippen molar-refractivity contribution in [1.82, 2.24) is 0 Å². The number of hydrogen-bond donors (Lipinski definition) is 4. The highest BCUT2D eigenvalue weighted by atomic mass is 16.4. The van der Waals surface area contributed by atoms with Crippen molar-refractivity contribution in [3.05, 3.63) is 0 Å². The van der Waals surface area contributed by atoms with Gasteiger partial charge in [0.2, 0.25) is 0 Å². The number of aliphatic hydroxyl groups excluding tert-OH is 2. The van der Waals surface area contributed by atoms with Gasteiger partial charge in [0.25, 0.3) is 0 Å². The largest absolute Gasteiger partial charge is 0.480 e. The maximum atomic E-state index is 11.7. The van der Waals surface area contributed by atoms with E-state index in [1.165, 1.54) is 70.6 Å². The molecular weight excluding hydrogens is 384 g/mol. The van der Waals surface area contributed by atoms with Crippen LogP contribution in [0.5, 0.6) is 0 Å². The predicted molar refractivity (Wildman–Crippen MR) is 120 cm³/mol. The molecule has 4 N–H and O–H groups in total. The van der Waals surface area contributed by atoms with Crippen LogP contribution in [0.25, 0.3) is 0 Å². The van der Waals surface area contributed by atoms with Crippen LogP contribution in [0.1, 0.15) is 122 Å². The monoisotopic (exact) mass is 430 g/mol. The Hall–Kier alpha value is -1.14. The van der Waals surface area contributed by atoms with Crippen LogP contribution in [0.3, 0.4) is 0 Å². The van der Waals surface area contributed by atoms with E-state index >= 15 is 0 Å². The number of rotatable bonds is 3. The van der Waals surface area contributed by atoms with Crippen LogP contribution < -0.4 is 0 Å². The Morgan fingerprint density at radius 2 is 0.667 bits per heavy atom. The SMILES string of the molecule is O=C(O)C1(C(=O)O)CCCCCCCCCCCCCCCCCCC1.OCCO. The molecule has 1 rings (SSSR count). The third kappa shape index (κ3) is 14.0. The molecule has 0 unspecified atom stereocenters. The minimum absolute atomic E-state index is 0.125. The molecule has 1 aliphatic carbocycles. The van der Waals surface area contributed by atoms with E-state index in [2.05, 4.69) is 0 Å². The number of carboxylic acid groups (broad SMARTS) is 2. The first-order chi connectivity index (χ1) is 14.5. The van der Waals surface area contributed by atoms with Gasteiger partial charge in [0.05, 0.1) is 13.2 Å². The van der Waals surface area contributed by atoms with Crippen LogP contribution in [0.2, 0.25) is 0 Å². The van der Waals surface area contributed by atoms with Gasteiger partial charge in [-0.05, 0) is 12.8 Å². The summed E-state index contributed by atoms with van der Waals surface area (Å²) in [6.45, 7) is -0.250. The molecule has 0 heterocycles. The lowest BCUT2D eigenvalue weighted by atomic mass is 9.78. The zero-order valence-corrected chi connectivity index (χ0v) is 19.0. The van der Waals surface area contributed by atoms with Gasteiger partial charge in [0.15, 0.2) is 5.41 Å². The van der Waals surface area contributed by atoms with Crippen molar-refractivity contribution < 1.29 is 30.0 Å². The van der Waals surface area contributed by atoms with Gasteiger partial charge < -0.3 is 20.4 Å². The molecule has 178 valence electrons. The fourth-order valence-electron chi connectivity index (χ4n) is 4.15. The van der Waals surface area contributed by atoms with Crippen molar-refractivity contribution >= 4 is 11.9 Å². The molecule has 0 spiro atoms. The Bertz CT molecular complexity index is 386. The molecule has 0 amide bonds. The molecule has 6 heteroatoms. The normalized spacial score (nSPS) is 20.9. The first-order valence-electron chi connectivity index (χ1n) is 12.2. The first-order valence-corrected chi connectivity index (χ1v) is 12.2. The van der Waals surface area contributed by atoms with Crippen LogP contribution in [0.15, 0.2) is 0 Å². The van der Waals surface area contributed by atoms with E-state index in [-0.39, 0.29) is 26.1 Å². The molecule has 1 saturated carbocycles. The van der Waals surface area contributed by atoms with Gasteiger partial charge in [0.1, 0.15) is 0 Å². The topological polar surface area (TPSA) is 115 Å². The lowest BCUT2D eigenvalue weighted by molar-refractivity contribution is -0.166. The second-order valence-electron chi connectivity index (χ2n) is 8.65. The number of carboxylic acids is 2. The second kappa shape index (κ2) is 19.8. The van der Waals surface area contributed by atoms with E-state index < -0.39 is 17.4 Å². The highest BCUT2D eigenvalue weighted by molar-refractivity contribution is 5.98. The molecule has 0 aliphatic heterocycles. The van der Waals surface area contributed by atoms with Gasteiger partial charge in [-0.3, -0.25) is 9.59 Å². The number of aliphatic hydroxyl groups is 2. The van der Waals surface area contributed by atoms with E-state index in [0.29, 0.717) is 12.8 Å². The maximum absolute atomic E-state index is 11.7. The number of hydrogen-bond acceptors (Lipinski definition) is 4. The molecule has 6 nitrogen and oxygen atoms in total. The summed E-state index contributed by atoms with van der Waals surface area (Å²) in [5.74, 6) is -2.29. The Labute approximate surface area is 183 Å². The Balaban J connectivity index is 0.00000192. The standard InChI is InChI=1S/C22H40O4.C2H6O2/c23-20(24)22(21(25)26)18-16-14-12-10-8-6-4-2-1-3-5-7-9-11-13-15-17-19-22;3-1-2-4/h1-19H2,(H,23,24)(H,25,26);3-4H,1-2H2. The van der Waals surface area contributed by atoms with Crippen LogP contribution in [0, 0.1) is 5.41 Å². The van der Waals surface area contributed by atoms with E-state index in [9.17, 15) is 19.8 Å². The summed E-state index contributed by atoms with van der Waals surface area (Å²) in [7, 11) is 0. The molecule has 0 saturated heterocycles. The summed E-state index contributed by atoms with van der Waals surface area (Å²) in [6, 6.07) is 0. The highest BCUT2D eigenvalue weighted by Crippen LogP contribution is 2.33. The molecule has 0 radical (unpaired) electrons. The molecule has 1 fully saturated rings. The lowest BCUT2D eigenvalue weighted by Crippen LogP contribution is -2.39. The van der Waals surface area contributed by atoms with Gasteiger partial charge in [-0.25, -0.2) is 0 Å². The van der Waals surface area contributed by atoms with Gasteiger partial charge >= 0.3 is 11.9 Å². The zero-order chi connectivity index (χ0) is 22.5. The quantitative estimate of drug-likeness (QED) is 0.437. The number of carbonyl (C=O) groups is 2. The molecule has 0 bridgehead atoms. The molecule has 1 aliphatic rings. The van der Waals surface area contributed by atoms with E-state index in [1.54, 1.807) is 0 Å².